The lowest BCUT2D eigenvalue weighted by molar-refractivity contribution is -0.141. The number of rotatable bonds is 9. The Hall–Kier alpha value is -6.69. The first-order chi connectivity index (χ1) is 28.3. The van der Waals surface area contributed by atoms with Crippen molar-refractivity contribution in [3.05, 3.63) is 112 Å². The van der Waals surface area contributed by atoms with Crippen molar-refractivity contribution in [2.24, 2.45) is 11.8 Å². The number of fused-ring (bicyclic) bond motifs is 13. The molecule has 0 unspecified atom stereocenters. The summed E-state index contributed by atoms with van der Waals surface area (Å²) in [6.07, 6.45) is 6.03. The minimum atomic E-state index is -1.01. The topological polar surface area (TPSA) is 164 Å². The SMILES string of the molecule is C=Cc1c(C)c2cc3nc(cc4[nH]c(cc5nc(cc1[nH]2)[C@@]1(C)C5=CC[C@H]2C(=O)N(c5ccc(C=O)cc5)C(=O)[C@H]21)c(C)c4CCC(=O)OC)C(CCC(=O)OC)=C3C. The van der Waals surface area contributed by atoms with Crippen molar-refractivity contribution in [1.29, 1.82) is 0 Å². The molecule has 0 radical (unpaired) electrons. The summed E-state index contributed by atoms with van der Waals surface area (Å²) in [6.45, 7) is 12.1. The van der Waals surface area contributed by atoms with Crippen molar-refractivity contribution in [2.75, 3.05) is 19.1 Å². The van der Waals surface area contributed by atoms with Crippen LogP contribution in [0.1, 0.15) is 94.9 Å². The number of anilines is 1. The lowest BCUT2D eigenvalue weighted by Gasteiger charge is -2.37. The first kappa shape index (κ1) is 39.2. The summed E-state index contributed by atoms with van der Waals surface area (Å²) in [6, 6.07) is 14.4. The third-order valence-corrected chi connectivity index (χ3v) is 12.7. The van der Waals surface area contributed by atoms with Gasteiger partial charge in [0.2, 0.25) is 11.8 Å². The summed E-state index contributed by atoms with van der Waals surface area (Å²) in [5.41, 5.74) is 11.8. The molecular formula is C47H45N5O7. The van der Waals surface area contributed by atoms with Crippen molar-refractivity contribution < 1.29 is 33.4 Å². The van der Waals surface area contributed by atoms with E-state index in [4.69, 9.17) is 19.4 Å². The standard InChI is InChI=1S/C47H45N5O7/c1-8-29-24(2)34-19-35-25(3)30(14-17-42(54)58-6)37(48-35)21-38-31(15-18-43(55)59-7)26(4)36(49-38)20-40-33-16-13-32-44(47(33,5)41(51-40)22-39(29)50-34)46(57)52(45(32)56)28-11-9-27(23-53)10-12-28/h8-12,16,19-23,32,44,49-50H,1,13-15,17-18H2,2-7H3/t32-,44+,47-/m1/s1. The molecule has 4 aliphatic rings. The highest BCUT2D eigenvalue weighted by atomic mass is 16.5. The van der Waals surface area contributed by atoms with Gasteiger partial charge in [-0.25, -0.2) is 4.98 Å². The molecule has 12 heteroatoms. The van der Waals surface area contributed by atoms with E-state index in [1.807, 2.05) is 58.0 Å². The monoisotopic (exact) mass is 791 g/mol. The fourth-order valence-corrected chi connectivity index (χ4v) is 9.31. The number of aryl methyl sites for hydroxylation is 3. The molecule has 2 N–H and O–H groups in total. The largest absolute Gasteiger partial charge is 0.469 e. The molecule has 4 aromatic rings. The van der Waals surface area contributed by atoms with Gasteiger partial charge in [0.1, 0.15) is 6.29 Å². The maximum atomic E-state index is 14.7. The molecule has 8 rings (SSSR count). The normalized spacial score (nSPS) is 19.6. The Balaban J connectivity index is 1.40. The van der Waals surface area contributed by atoms with E-state index in [1.165, 1.54) is 19.1 Å². The van der Waals surface area contributed by atoms with Crippen LogP contribution in [0.4, 0.5) is 5.69 Å². The van der Waals surface area contributed by atoms with E-state index in [1.54, 1.807) is 30.3 Å². The van der Waals surface area contributed by atoms with E-state index in [-0.39, 0.29) is 36.6 Å². The molecule has 0 spiro atoms. The van der Waals surface area contributed by atoms with Gasteiger partial charge in [0.15, 0.2) is 0 Å². The number of hydrogen-bond donors (Lipinski definition) is 2. The van der Waals surface area contributed by atoms with Crippen LogP contribution in [0.25, 0.3) is 44.9 Å². The summed E-state index contributed by atoms with van der Waals surface area (Å²) in [5, 5.41) is 0. The molecule has 0 saturated carbocycles. The van der Waals surface area contributed by atoms with Crippen molar-refractivity contribution >= 4 is 80.6 Å². The molecule has 59 heavy (non-hydrogen) atoms. The third-order valence-electron chi connectivity index (χ3n) is 12.7. The van der Waals surface area contributed by atoms with Crippen molar-refractivity contribution in [1.82, 2.24) is 19.9 Å². The Labute approximate surface area is 341 Å². The van der Waals surface area contributed by atoms with Gasteiger partial charge in [0, 0.05) is 51.5 Å². The van der Waals surface area contributed by atoms with E-state index >= 15 is 0 Å². The maximum Gasteiger partial charge on any atom is 0.305 e. The number of amides is 2. The number of aromatic nitrogens is 4. The highest BCUT2D eigenvalue weighted by molar-refractivity contribution is 6.23. The van der Waals surface area contributed by atoms with Gasteiger partial charge in [-0.2, -0.15) is 0 Å². The summed E-state index contributed by atoms with van der Waals surface area (Å²) in [4.78, 5) is 84.0. The molecule has 3 atom stereocenters. The highest BCUT2D eigenvalue weighted by Gasteiger charge is 2.61. The number of allylic oxidation sites excluding steroid dienone is 4. The van der Waals surface area contributed by atoms with Gasteiger partial charge >= 0.3 is 11.9 Å². The third kappa shape index (κ3) is 6.34. The second kappa shape index (κ2) is 14.9. The maximum absolute atomic E-state index is 14.7. The van der Waals surface area contributed by atoms with E-state index in [9.17, 15) is 24.0 Å². The number of benzene rings is 1. The van der Waals surface area contributed by atoms with Gasteiger partial charge in [-0.15, -0.1) is 0 Å². The average molecular weight is 792 g/mol. The number of methoxy groups -OCH3 is 2. The van der Waals surface area contributed by atoms with Crippen LogP contribution < -0.4 is 4.90 Å². The summed E-state index contributed by atoms with van der Waals surface area (Å²) >= 11 is 0. The number of aromatic amines is 2. The van der Waals surface area contributed by atoms with Gasteiger partial charge in [0.25, 0.3) is 0 Å². The predicted molar refractivity (Wildman–Crippen MR) is 226 cm³/mol. The van der Waals surface area contributed by atoms with Gasteiger partial charge < -0.3 is 19.4 Å². The molecule has 6 heterocycles. The fraction of sp³-hybridized carbons (Fsp3) is 0.298. The molecule has 1 saturated heterocycles. The zero-order chi connectivity index (χ0) is 41.9. The molecule has 8 bridgehead atoms. The molecule has 2 amide bonds. The Bertz CT molecular complexity index is 2750. The number of nitrogens with one attached hydrogen (secondary N) is 2. The number of esters is 2. The van der Waals surface area contributed by atoms with Gasteiger partial charge in [0.05, 0.1) is 54.5 Å². The van der Waals surface area contributed by atoms with Crippen LogP contribution in [0.5, 0.6) is 0 Å². The molecule has 3 aliphatic heterocycles. The predicted octanol–water partition coefficient (Wildman–Crippen LogP) is 7.93. The Morgan fingerprint density at radius 3 is 2.17 bits per heavy atom. The first-order valence-corrected chi connectivity index (χ1v) is 19.7. The second-order valence-corrected chi connectivity index (χ2v) is 15.7. The van der Waals surface area contributed by atoms with Gasteiger partial charge in [-0.3, -0.25) is 33.9 Å². The van der Waals surface area contributed by atoms with Crippen LogP contribution in [-0.2, 0) is 40.5 Å². The van der Waals surface area contributed by atoms with E-state index in [0.717, 1.165) is 73.0 Å². The minimum absolute atomic E-state index is 0.154. The molecule has 12 nitrogen and oxygen atoms in total. The number of nitrogens with zero attached hydrogens (tertiary/aromatic N) is 3. The van der Waals surface area contributed by atoms with Crippen LogP contribution >= 0.6 is 0 Å². The number of hydrogen-bond acceptors (Lipinski definition) is 9. The highest BCUT2D eigenvalue weighted by Crippen LogP contribution is 2.56. The van der Waals surface area contributed by atoms with Crippen molar-refractivity contribution in [2.45, 2.75) is 65.2 Å². The first-order valence-electron chi connectivity index (χ1n) is 19.7. The second-order valence-electron chi connectivity index (χ2n) is 15.7. The van der Waals surface area contributed by atoms with E-state index in [2.05, 4.69) is 16.5 Å². The van der Waals surface area contributed by atoms with Crippen LogP contribution in [0.15, 0.2) is 61.2 Å². The number of ether oxygens (including phenoxy) is 2. The molecular weight excluding hydrogens is 747 g/mol. The lowest BCUT2D eigenvalue weighted by Crippen LogP contribution is -2.41. The van der Waals surface area contributed by atoms with Crippen LogP contribution in [-0.4, -0.2) is 64.2 Å². The zero-order valence-electron chi connectivity index (χ0n) is 33.9. The van der Waals surface area contributed by atoms with Crippen LogP contribution in [0.2, 0.25) is 0 Å². The average Bonchev–Trinajstić information content (AvgIpc) is 3.95. The van der Waals surface area contributed by atoms with E-state index < -0.39 is 17.3 Å². The Morgan fingerprint density at radius 1 is 0.847 bits per heavy atom. The van der Waals surface area contributed by atoms with Crippen LogP contribution in [0.3, 0.4) is 0 Å². The molecule has 1 aliphatic carbocycles. The summed E-state index contributed by atoms with van der Waals surface area (Å²) in [5.74, 6) is -2.67. The van der Waals surface area contributed by atoms with Gasteiger partial charge in [-0.05, 0) is 129 Å². The quantitative estimate of drug-likeness (QED) is 0.0973. The minimum Gasteiger partial charge on any atom is -0.469 e. The number of aldehydes is 1. The molecule has 1 fully saturated rings. The summed E-state index contributed by atoms with van der Waals surface area (Å²) < 4.78 is 10.00. The smallest absolute Gasteiger partial charge is 0.305 e. The molecule has 1 aromatic carbocycles. The molecule has 300 valence electrons. The van der Waals surface area contributed by atoms with E-state index in [0.29, 0.717) is 47.6 Å². The Kier molecular flexibility index (Phi) is 9.90. The Morgan fingerprint density at radius 2 is 1.49 bits per heavy atom. The van der Waals surface area contributed by atoms with Gasteiger partial charge in [-0.1, -0.05) is 18.7 Å². The van der Waals surface area contributed by atoms with Crippen LogP contribution in [0, 0.1) is 25.7 Å². The number of carbonyl (C=O) groups excluding carboxylic acids is 5. The summed E-state index contributed by atoms with van der Waals surface area (Å²) in [7, 11) is 2.74. The van der Waals surface area contributed by atoms with Crippen molar-refractivity contribution in [3.8, 4) is 0 Å². The molecule has 3 aromatic heterocycles. The van der Waals surface area contributed by atoms with Crippen molar-refractivity contribution in [3.63, 3.8) is 0 Å². The fourth-order valence-electron chi connectivity index (χ4n) is 9.31. The zero-order valence-corrected chi connectivity index (χ0v) is 33.9. The number of carbonyl (C=O) groups is 5. The number of imide groups is 1. The lowest BCUT2D eigenvalue weighted by atomic mass is 9.61. The number of H-pyrrole nitrogens is 2.